The van der Waals surface area contributed by atoms with Crippen LogP contribution >= 0.6 is 0 Å². The van der Waals surface area contributed by atoms with Gasteiger partial charge in [0.05, 0.1) is 12.6 Å². The molecule has 0 aromatic rings. The SMILES string of the molecule is CN(CCO)C(=O)C1CNCCN1. The number of aliphatic hydroxyl groups is 1. The molecular formula is C8H17N3O2. The van der Waals surface area contributed by atoms with E-state index >= 15 is 0 Å². The zero-order chi connectivity index (χ0) is 9.68. The van der Waals surface area contributed by atoms with E-state index in [2.05, 4.69) is 10.6 Å². The van der Waals surface area contributed by atoms with Crippen molar-refractivity contribution in [2.24, 2.45) is 0 Å². The minimum atomic E-state index is -0.134. The van der Waals surface area contributed by atoms with Gasteiger partial charge in [-0.2, -0.15) is 0 Å². The predicted octanol–water partition coefficient (Wildman–Crippen LogP) is -2.00. The summed E-state index contributed by atoms with van der Waals surface area (Å²) in [6.45, 7) is 2.82. The van der Waals surface area contributed by atoms with Gasteiger partial charge in [-0.25, -0.2) is 0 Å². The molecule has 1 rings (SSSR count). The van der Waals surface area contributed by atoms with Crippen molar-refractivity contribution < 1.29 is 9.90 Å². The van der Waals surface area contributed by atoms with E-state index in [1.165, 1.54) is 0 Å². The molecule has 0 aromatic heterocycles. The van der Waals surface area contributed by atoms with E-state index < -0.39 is 0 Å². The van der Waals surface area contributed by atoms with E-state index in [9.17, 15) is 4.79 Å². The Morgan fingerprint density at radius 2 is 2.38 bits per heavy atom. The van der Waals surface area contributed by atoms with E-state index in [0.29, 0.717) is 13.1 Å². The Kier molecular flexibility index (Phi) is 4.14. The standard InChI is InChI=1S/C8H17N3O2/c1-11(4-5-12)8(13)7-6-9-2-3-10-7/h7,9-10,12H,2-6H2,1H3. The highest BCUT2D eigenvalue weighted by atomic mass is 16.3. The number of rotatable bonds is 3. The number of aliphatic hydroxyl groups excluding tert-OH is 1. The van der Waals surface area contributed by atoms with E-state index in [1.807, 2.05) is 0 Å². The Bertz CT molecular complexity index is 169. The van der Waals surface area contributed by atoms with Gasteiger partial charge < -0.3 is 20.6 Å². The lowest BCUT2D eigenvalue weighted by Gasteiger charge is -2.27. The van der Waals surface area contributed by atoms with Gasteiger partial charge in [-0.05, 0) is 0 Å². The van der Waals surface area contributed by atoms with Crippen LogP contribution in [0, 0.1) is 0 Å². The van der Waals surface area contributed by atoms with Gasteiger partial charge in [0.25, 0.3) is 0 Å². The summed E-state index contributed by atoms with van der Waals surface area (Å²) in [5, 5.41) is 14.9. The van der Waals surface area contributed by atoms with Crippen molar-refractivity contribution in [1.82, 2.24) is 15.5 Å². The number of likely N-dealkylation sites (N-methyl/N-ethyl adjacent to an activating group) is 1. The van der Waals surface area contributed by atoms with Crippen molar-refractivity contribution in [3.05, 3.63) is 0 Å². The number of carbonyl (C=O) groups is 1. The summed E-state index contributed by atoms with van der Waals surface area (Å²) in [5.41, 5.74) is 0. The van der Waals surface area contributed by atoms with Crippen LogP contribution in [0.25, 0.3) is 0 Å². The van der Waals surface area contributed by atoms with Crippen LogP contribution in [0.4, 0.5) is 0 Å². The molecule has 0 bridgehead atoms. The van der Waals surface area contributed by atoms with Crippen molar-refractivity contribution in [2.45, 2.75) is 6.04 Å². The molecule has 1 fully saturated rings. The summed E-state index contributed by atoms with van der Waals surface area (Å²) >= 11 is 0. The number of amides is 1. The fraction of sp³-hybridized carbons (Fsp3) is 0.875. The quantitative estimate of drug-likeness (QED) is 0.478. The van der Waals surface area contributed by atoms with Crippen LogP contribution in [0.2, 0.25) is 0 Å². The number of carbonyl (C=O) groups excluding carboxylic acids is 1. The lowest BCUT2D eigenvalue weighted by Crippen LogP contribution is -2.56. The second-order valence-electron chi connectivity index (χ2n) is 3.19. The van der Waals surface area contributed by atoms with Gasteiger partial charge >= 0.3 is 0 Å². The molecule has 5 heteroatoms. The molecule has 0 aliphatic carbocycles. The maximum atomic E-state index is 11.6. The van der Waals surface area contributed by atoms with Crippen LogP contribution in [-0.4, -0.2) is 61.8 Å². The molecular weight excluding hydrogens is 170 g/mol. The molecule has 1 unspecified atom stereocenters. The minimum absolute atomic E-state index is 0.0163. The molecule has 1 aliphatic heterocycles. The third kappa shape index (κ3) is 2.95. The number of hydrogen-bond acceptors (Lipinski definition) is 4. The van der Waals surface area contributed by atoms with Crippen molar-refractivity contribution in [3.63, 3.8) is 0 Å². The lowest BCUT2D eigenvalue weighted by atomic mass is 10.2. The van der Waals surface area contributed by atoms with Crippen LogP contribution < -0.4 is 10.6 Å². The first-order chi connectivity index (χ1) is 6.25. The van der Waals surface area contributed by atoms with Crippen molar-refractivity contribution in [1.29, 1.82) is 0 Å². The molecule has 1 atom stereocenters. The first kappa shape index (κ1) is 10.4. The molecule has 5 nitrogen and oxygen atoms in total. The van der Waals surface area contributed by atoms with E-state index in [1.54, 1.807) is 11.9 Å². The molecule has 1 aliphatic rings. The van der Waals surface area contributed by atoms with Crippen LogP contribution in [0.1, 0.15) is 0 Å². The second-order valence-corrected chi connectivity index (χ2v) is 3.19. The van der Waals surface area contributed by atoms with Gasteiger partial charge in [0, 0.05) is 33.2 Å². The van der Waals surface area contributed by atoms with E-state index in [-0.39, 0.29) is 18.6 Å². The van der Waals surface area contributed by atoms with Crippen molar-refractivity contribution in [2.75, 3.05) is 39.8 Å². The van der Waals surface area contributed by atoms with Gasteiger partial charge in [-0.15, -0.1) is 0 Å². The highest BCUT2D eigenvalue weighted by Crippen LogP contribution is 1.93. The smallest absolute Gasteiger partial charge is 0.240 e. The summed E-state index contributed by atoms with van der Waals surface area (Å²) in [4.78, 5) is 13.1. The molecule has 13 heavy (non-hydrogen) atoms. The van der Waals surface area contributed by atoms with Crippen molar-refractivity contribution in [3.8, 4) is 0 Å². The third-order valence-electron chi connectivity index (χ3n) is 2.15. The average Bonchev–Trinajstić information content (AvgIpc) is 2.18. The van der Waals surface area contributed by atoms with Gasteiger partial charge in [-0.3, -0.25) is 4.79 Å². The molecule has 76 valence electrons. The topological polar surface area (TPSA) is 64.6 Å². The molecule has 0 aromatic carbocycles. The Morgan fingerprint density at radius 3 is 2.92 bits per heavy atom. The largest absolute Gasteiger partial charge is 0.395 e. The molecule has 0 radical (unpaired) electrons. The summed E-state index contributed by atoms with van der Waals surface area (Å²) in [5.74, 6) is 0.0428. The highest BCUT2D eigenvalue weighted by molar-refractivity contribution is 5.82. The Hall–Kier alpha value is -0.650. The molecule has 1 amide bonds. The highest BCUT2D eigenvalue weighted by Gasteiger charge is 2.22. The predicted molar refractivity (Wildman–Crippen MR) is 49.4 cm³/mol. The summed E-state index contributed by atoms with van der Waals surface area (Å²) in [6.07, 6.45) is 0. The van der Waals surface area contributed by atoms with E-state index in [0.717, 1.165) is 13.1 Å². The molecule has 1 saturated heterocycles. The number of nitrogens with one attached hydrogen (secondary N) is 2. The van der Waals surface area contributed by atoms with Crippen molar-refractivity contribution >= 4 is 5.91 Å². The van der Waals surface area contributed by atoms with Gasteiger partial charge in [0.15, 0.2) is 0 Å². The Balaban J connectivity index is 2.36. The monoisotopic (exact) mass is 187 g/mol. The first-order valence-corrected chi connectivity index (χ1v) is 4.55. The van der Waals surface area contributed by atoms with E-state index in [4.69, 9.17) is 5.11 Å². The van der Waals surface area contributed by atoms with Crippen LogP contribution in [-0.2, 0) is 4.79 Å². The first-order valence-electron chi connectivity index (χ1n) is 4.55. The number of piperazine rings is 1. The minimum Gasteiger partial charge on any atom is -0.395 e. The molecule has 0 spiro atoms. The third-order valence-corrected chi connectivity index (χ3v) is 2.15. The number of hydrogen-bond donors (Lipinski definition) is 3. The summed E-state index contributed by atoms with van der Waals surface area (Å²) < 4.78 is 0. The Labute approximate surface area is 78.1 Å². The zero-order valence-electron chi connectivity index (χ0n) is 7.92. The maximum Gasteiger partial charge on any atom is 0.240 e. The molecule has 0 saturated carbocycles. The van der Waals surface area contributed by atoms with Gasteiger partial charge in [0.2, 0.25) is 5.91 Å². The molecule has 3 N–H and O–H groups in total. The molecule has 1 heterocycles. The average molecular weight is 187 g/mol. The summed E-state index contributed by atoms with van der Waals surface area (Å²) in [6, 6.07) is -0.134. The summed E-state index contributed by atoms with van der Waals surface area (Å²) in [7, 11) is 1.70. The zero-order valence-corrected chi connectivity index (χ0v) is 7.92. The van der Waals surface area contributed by atoms with Gasteiger partial charge in [0.1, 0.15) is 0 Å². The second kappa shape index (κ2) is 5.16. The normalized spacial score (nSPS) is 22.8. The number of nitrogens with zero attached hydrogens (tertiary/aromatic N) is 1. The van der Waals surface area contributed by atoms with Crippen LogP contribution in [0.5, 0.6) is 0 Å². The maximum absolute atomic E-state index is 11.6. The fourth-order valence-electron chi connectivity index (χ4n) is 1.35. The van der Waals surface area contributed by atoms with Gasteiger partial charge in [-0.1, -0.05) is 0 Å². The fourth-order valence-corrected chi connectivity index (χ4v) is 1.35. The Morgan fingerprint density at radius 1 is 1.62 bits per heavy atom. The van der Waals surface area contributed by atoms with Crippen LogP contribution in [0.3, 0.4) is 0 Å². The lowest BCUT2D eigenvalue weighted by molar-refractivity contribution is -0.132. The van der Waals surface area contributed by atoms with Crippen LogP contribution in [0.15, 0.2) is 0 Å².